The lowest BCUT2D eigenvalue weighted by Crippen LogP contribution is -2.08. The van der Waals surface area contributed by atoms with Crippen molar-refractivity contribution in [2.45, 2.75) is 54.4 Å². The molecule has 11 heavy (non-hydrogen) atoms. The van der Waals surface area contributed by atoms with Gasteiger partial charge >= 0.3 is 0 Å². The van der Waals surface area contributed by atoms with Gasteiger partial charge in [0.25, 0.3) is 0 Å². The topological polar surface area (TPSA) is 26.0 Å². The second-order valence-electron chi connectivity index (χ2n) is 2.46. The molecule has 1 atom stereocenters. The number of hydrogen-bond donors (Lipinski definition) is 1. The summed E-state index contributed by atoms with van der Waals surface area (Å²) in [6.45, 7) is 13.4. The predicted octanol–water partition coefficient (Wildman–Crippen LogP) is 3.43. The fourth-order valence-electron chi connectivity index (χ4n) is 0.167. The Kier molecular flexibility index (Phi) is 35.1. The minimum Gasteiger partial charge on any atom is -0.330 e. The standard InChI is InChI=1S/C5H13N.C3H8.C2H6/c1-3-5(2)4-6;1-3-2;1-2/h5H,3-4,6H2,1-2H3;3H2,1-2H3;1-2H3. The van der Waals surface area contributed by atoms with E-state index in [1.54, 1.807) is 0 Å². The Morgan fingerprint density at radius 3 is 1.36 bits per heavy atom. The number of nitrogens with two attached hydrogens (primary N) is 1. The molecular formula is C10H27N. The average molecular weight is 161 g/mol. The molecule has 0 bridgehead atoms. The van der Waals surface area contributed by atoms with Crippen LogP contribution in [0, 0.1) is 5.92 Å². The Morgan fingerprint density at radius 2 is 1.36 bits per heavy atom. The van der Waals surface area contributed by atoms with Crippen LogP contribution in [0.5, 0.6) is 0 Å². The van der Waals surface area contributed by atoms with E-state index in [4.69, 9.17) is 5.73 Å². The van der Waals surface area contributed by atoms with Gasteiger partial charge in [-0.2, -0.15) is 0 Å². The summed E-state index contributed by atoms with van der Waals surface area (Å²) in [6, 6.07) is 0. The summed E-state index contributed by atoms with van der Waals surface area (Å²) in [5.74, 6) is 0.713. The normalized spacial score (nSPS) is 10.1. The first-order valence-electron chi connectivity index (χ1n) is 4.92. The van der Waals surface area contributed by atoms with Gasteiger partial charge in [0.15, 0.2) is 0 Å². The zero-order chi connectivity index (χ0) is 9.70. The van der Waals surface area contributed by atoms with Gasteiger partial charge in [-0.05, 0) is 12.5 Å². The highest BCUT2D eigenvalue weighted by molar-refractivity contribution is 4.45. The van der Waals surface area contributed by atoms with Crippen molar-refractivity contribution >= 4 is 0 Å². The molecule has 0 spiro atoms. The van der Waals surface area contributed by atoms with Crippen LogP contribution in [0.25, 0.3) is 0 Å². The van der Waals surface area contributed by atoms with Crippen molar-refractivity contribution < 1.29 is 0 Å². The molecule has 1 nitrogen and oxygen atoms in total. The lowest BCUT2D eigenvalue weighted by atomic mass is 10.1. The van der Waals surface area contributed by atoms with Crippen molar-refractivity contribution in [3.8, 4) is 0 Å². The van der Waals surface area contributed by atoms with Crippen LogP contribution in [-0.4, -0.2) is 6.54 Å². The predicted molar refractivity (Wildman–Crippen MR) is 55.8 cm³/mol. The van der Waals surface area contributed by atoms with E-state index in [0.29, 0.717) is 5.92 Å². The minimum atomic E-state index is 0.713. The molecule has 2 N–H and O–H groups in total. The van der Waals surface area contributed by atoms with Gasteiger partial charge in [-0.1, -0.05) is 54.4 Å². The molecule has 0 amide bonds. The van der Waals surface area contributed by atoms with Gasteiger partial charge in [-0.25, -0.2) is 0 Å². The smallest absolute Gasteiger partial charge is 0.00516 e. The molecule has 72 valence electrons. The third-order valence-electron chi connectivity index (χ3n) is 1.10. The Morgan fingerprint density at radius 1 is 1.09 bits per heavy atom. The Hall–Kier alpha value is -0.0400. The molecule has 0 aliphatic rings. The van der Waals surface area contributed by atoms with Crippen molar-refractivity contribution in [1.82, 2.24) is 0 Å². The molecule has 0 radical (unpaired) electrons. The molecule has 0 saturated carbocycles. The number of hydrogen-bond acceptors (Lipinski definition) is 1. The Bertz CT molecular complexity index is 31.9. The second-order valence-corrected chi connectivity index (χ2v) is 2.46. The second kappa shape index (κ2) is 22.5. The summed E-state index contributed by atoms with van der Waals surface area (Å²) < 4.78 is 0. The molecule has 0 heterocycles. The first-order chi connectivity index (χ1) is 5.22. The summed E-state index contributed by atoms with van der Waals surface area (Å²) in [6.07, 6.45) is 2.45. The lowest BCUT2D eigenvalue weighted by Gasteiger charge is -1.98. The van der Waals surface area contributed by atoms with Gasteiger partial charge in [0.2, 0.25) is 0 Å². The molecule has 0 saturated heterocycles. The van der Waals surface area contributed by atoms with Gasteiger partial charge < -0.3 is 5.73 Å². The van der Waals surface area contributed by atoms with Crippen LogP contribution in [0.4, 0.5) is 0 Å². The van der Waals surface area contributed by atoms with E-state index < -0.39 is 0 Å². The van der Waals surface area contributed by atoms with Gasteiger partial charge in [0, 0.05) is 0 Å². The van der Waals surface area contributed by atoms with Crippen molar-refractivity contribution in [1.29, 1.82) is 0 Å². The molecule has 0 aromatic carbocycles. The summed E-state index contributed by atoms with van der Waals surface area (Å²) in [7, 11) is 0. The van der Waals surface area contributed by atoms with E-state index in [0.717, 1.165) is 6.54 Å². The molecular weight excluding hydrogens is 134 g/mol. The maximum atomic E-state index is 5.28. The van der Waals surface area contributed by atoms with E-state index in [2.05, 4.69) is 27.7 Å². The molecule has 0 aromatic heterocycles. The highest BCUT2D eigenvalue weighted by Crippen LogP contribution is 1.93. The SMILES string of the molecule is CC.CCC.CCC(C)CN. The van der Waals surface area contributed by atoms with Gasteiger partial charge in [-0.15, -0.1) is 0 Å². The summed E-state index contributed by atoms with van der Waals surface area (Å²) >= 11 is 0. The highest BCUT2D eigenvalue weighted by atomic mass is 14.5. The van der Waals surface area contributed by atoms with Gasteiger partial charge in [0.05, 0.1) is 0 Å². The third-order valence-corrected chi connectivity index (χ3v) is 1.10. The Labute approximate surface area is 73.4 Å². The van der Waals surface area contributed by atoms with Crippen LogP contribution in [0.1, 0.15) is 54.4 Å². The van der Waals surface area contributed by atoms with Crippen LogP contribution in [0.15, 0.2) is 0 Å². The van der Waals surface area contributed by atoms with Gasteiger partial charge in [0.1, 0.15) is 0 Å². The lowest BCUT2D eigenvalue weighted by molar-refractivity contribution is 0.576. The van der Waals surface area contributed by atoms with E-state index in [1.165, 1.54) is 12.8 Å². The molecule has 0 fully saturated rings. The Balaban J connectivity index is -0.000000109. The third kappa shape index (κ3) is 40.2. The average Bonchev–Trinajstić information content (AvgIpc) is 2.08. The fraction of sp³-hybridized carbons (Fsp3) is 1.00. The quantitative estimate of drug-likeness (QED) is 0.659. The van der Waals surface area contributed by atoms with Crippen molar-refractivity contribution in [3.05, 3.63) is 0 Å². The fourth-order valence-corrected chi connectivity index (χ4v) is 0.167. The maximum Gasteiger partial charge on any atom is -0.00516 e. The molecule has 0 aromatic rings. The van der Waals surface area contributed by atoms with Crippen LogP contribution in [0.3, 0.4) is 0 Å². The zero-order valence-corrected chi connectivity index (χ0v) is 9.28. The summed E-state index contributed by atoms with van der Waals surface area (Å²) in [5.41, 5.74) is 5.28. The van der Waals surface area contributed by atoms with Crippen LogP contribution < -0.4 is 5.73 Å². The first-order valence-corrected chi connectivity index (χ1v) is 4.92. The maximum absolute atomic E-state index is 5.28. The van der Waals surface area contributed by atoms with Crippen molar-refractivity contribution in [2.24, 2.45) is 11.7 Å². The molecule has 0 aliphatic carbocycles. The van der Waals surface area contributed by atoms with Crippen molar-refractivity contribution in [2.75, 3.05) is 6.54 Å². The van der Waals surface area contributed by atoms with Crippen LogP contribution in [-0.2, 0) is 0 Å². The molecule has 1 unspecified atom stereocenters. The minimum absolute atomic E-state index is 0.713. The molecule has 0 rings (SSSR count). The van der Waals surface area contributed by atoms with E-state index in [-0.39, 0.29) is 0 Å². The molecule has 0 aliphatic heterocycles. The highest BCUT2D eigenvalue weighted by Gasteiger charge is 1.88. The van der Waals surface area contributed by atoms with Crippen molar-refractivity contribution in [3.63, 3.8) is 0 Å². The van der Waals surface area contributed by atoms with E-state index in [1.807, 2.05) is 13.8 Å². The first kappa shape index (κ1) is 17.2. The zero-order valence-electron chi connectivity index (χ0n) is 9.28. The van der Waals surface area contributed by atoms with Gasteiger partial charge in [-0.3, -0.25) is 0 Å². The summed E-state index contributed by atoms with van der Waals surface area (Å²) in [5, 5.41) is 0. The van der Waals surface area contributed by atoms with Crippen LogP contribution >= 0.6 is 0 Å². The van der Waals surface area contributed by atoms with E-state index in [9.17, 15) is 0 Å². The summed E-state index contributed by atoms with van der Waals surface area (Å²) in [4.78, 5) is 0. The molecule has 1 heteroatoms. The van der Waals surface area contributed by atoms with Crippen LogP contribution in [0.2, 0.25) is 0 Å². The monoisotopic (exact) mass is 161 g/mol. The number of rotatable bonds is 2. The van der Waals surface area contributed by atoms with E-state index >= 15 is 0 Å². The largest absolute Gasteiger partial charge is 0.330 e.